The van der Waals surface area contributed by atoms with Crippen molar-refractivity contribution in [1.82, 2.24) is 0 Å². The number of methoxy groups -OCH3 is 1. The highest BCUT2D eigenvalue weighted by Crippen LogP contribution is 2.22. The highest BCUT2D eigenvalue weighted by atomic mass is 16.6. The molecule has 0 aliphatic carbocycles. The van der Waals surface area contributed by atoms with Gasteiger partial charge in [-0.15, -0.1) is 0 Å². The molecule has 0 spiro atoms. The van der Waals surface area contributed by atoms with E-state index < -0.39 is 12.1 Å². The average Bonchev–Trinajstić information content (AvgIpc) is 2.65. The molecular weight excluding hydrogens is 324 g/mol. The van der Waals surface area contributed by atoms with Gasteiger partial charge in [0.25, 0.3) is 6.47 Å². The molecule has 1 unspecified atom stereocenters. The molecule has 0 aliphatic rings. The fourth-order valence-corrected chi connectivity index (χ4v) is 2.18. The molecule has 0 radical (unpaired) electrons. The number of carbonyl (C=O) groups excluding carboxylic acids is 2. The van der Waals surface area contributed by atoms with E-state index in [4.69, 9.17) is 18.9 Å². The van der Waals surface area contributed by atoms with Crippen LogP contribution in [-0.4, -0.2) is 26.2 Å². The summed E-state index contributed by atoms with van der Waals surface area (Å²) in [6.45, 7) is 2.72. The first kappa shape index (κ1) is 18.3. The van der Waals surface area contributed by atoms with Gasteiger partial charge in [0.1, 0.15) is 18.1 Å². The van der Waals surface area contributed by atoms with Crippen LogP contribution in [0.5, 0.6) is 11.5 Å². The maximum absolute atomic E-state index is 12.3. The number of hydrogen-bond acceptors (Lipinski definition) is 6. The molecule has 132 valence electrons. The molecule has 0 heterocycles. The lowest BCUT2D eigenvalue weighted by Crippen LogP contribution is -2.18. The van der Waals surface area contributed by atoms with Gasteiger partial charge in [-0.3, -0.25) is 4.79 Å². The topological polar surface area (TPSA) is 71.1 Å². The molecule has 0 fully saturated rings. The van der Waals surface area contributed by atoms with E-state index in [1.54, 1.807) is 55.6 Å². The van der Waals surface area contributed by atoms with Crippen LogP contribution in [0.2, 0.25) is 0 Å². The van der Waals surface area contributed by atoms with E-state index in [1.165, 1.54) is 0 Å². The second-order valence-corrected chi connectivity index (χ2v) is 5.07. The normalized spacial score (nSPS) is 11.3. The molecule has 25 heavy (non-hydrogen) atoms. The van der Waals surface area contributed by atoms with E-state index in [9.17, 15) is 9.59 Å². The minimum Gasteiger partial charge on any atom is -0.497 e. The number of esters is 1. The Morgan fingerprint density at radius 1 is 1.04 bits per heavy atom. The number of rotatable bonds is 9. The lowest BCUT2D eigenvalue weighted by atomic mass is 10.1. The van der Waals surface area contributed by atoms with Crippen molar-refractivity contribution in [3.05, 3.63) is 59.7 Å². The maximum Gasteiger partial charge on any atom is 0.352 e. The van der Waals surface area contributed by atoms with Crippen LogP contribution in [0, 0.1) is 0 Å². The summed E-state index contributed by atoms with van der Waals surface area (Å²) in [5, 5.41) is 0. The molecule has 1 atom stereocenters. The molecule has 2 aromatic carbocycles. The third kappa shape index (κ3) is 5.24. The SMILES string of the molecule is CCOc1ccc(C(OC=O)C(=O)OCc2ccc(OC)cc2)cc1. The first-order valence-corrected chi connectivity index (χ1v) is 7.79. The Hall–Kier alpha value is -3.02. The zero-order valence-corrected chi connectivity index (χ0v) is 14.1. The van der Waals surface area contributed by atoms with E-state index in [0.29, 0.717) is 23.7 Å². The number of hydrogen-bond donors (Lipinski definition) is 0. The molecule has 0 amide bonds. The third-order valence-electron chi connectivity index (χ3n) is 3.44. The van der Waals surface area contributed by atoms with Crippen LogP contribution in [0.4, 0.5) is 0 Å². The van der Waals surface area contributed by atoms with Crippen molar-refractivity contribution in [2.45, 2.75) is 19.6 Å². The van der Waals surface area contributed by atoms with E-state index in [1.807, 2.05) is 6.92 Å². The van der Waals surface area contributed by atoms with Crippen molar-refractivity contribution in [2.75, 3.05) is 13.7 Å². The Bertz CT molecular complexity index is 678. The molecule has 0 aromatic heterocycles. The van der Waals surface area contributed by atoms with Crippen molar-refractivity contribution in [3.63, 3.8) is 0 Å². The monoisotopic (exact) mass is 344 g/mol. The molecular formula is C19H20O6. The van der Waals surface area contributed by atoms with Gasteiger partial charge < -0.3 is 18.9 Å². The summed E-state index contributed by atoms with van der Waals surface area (Å²) < 4.78 is 20.6. The highest BCUT2D eigenvalue weighted by Gasteiger charge is 2.24. The molecule has 2 aromatic rings. The number of ether oxygens (including phenoxy) is 4. The highest BCUT2D eigenvalue weighted by molar-refractivity contribution is 5.77. The Balaban J connectivity index is 2.02. The third-order valence-corrected chi connectivity index (χ3v) is 3.44. The molecule has 6 nitrogen and oxygen atoms in total. The predicted molar refractivity (Wildman–Crippen MR) is 90.3 cm³/mol. The largest absolute Gasteiger partial charge is 0.497 e. The maximum atomic E-state index is 12.3. The first-order chi connectivity index (χ1) is 12.2. The second-order valence-electron chi connectivity index (χ2n) is 5.07. The van der Waals surface area contributed by atoms with Crippen molar-refractivity contribution in [2.24, 2.45) is 0 Å². The van der Waals surface area contributed by atoms with Gasteiger partial charge in [0.05, 0.1) is 13.7 Å². The predicted octanol–water partition coefficient (Wildman–Crippen LogP) is 3.05. The fourth-order valence-electron chi connectivity index (χ4n) is 2.18. The second kappa shape index (κ2) is 9.32. The van der Waals surface area contributed by atoms with E-state index in [2.05, 4.69) is 0 Å². The van der Waals surface area contributed by atoms with Gasteiger partial charge in [0.2, 0.25) is 6.10 Å². The van der Waals surface area contributed by atoms with Crippen LogP contribution < -0.4 is 9.47 Å². The van der Waals surface area contributed by atoms with Gasteiger partial charge in [-0.2, -0.15) is 0 Å². The standard InChI is InChI=1S/C19H20O6/c1-3-23-17-10-6-15(7-11-17)18(25-13-20)19(21)24-12-14-4-8-16(22-2)9-5-14/h4-11,13,18H,3,12H2,1-2H3. The minimum absolute atomic E-state index is 0.0680. The van der Waals surface area contributed by atoms with Gasteiger partial charge in [-0.1, -0.05) is 24.3 Å². The summed E-state index contributed by atoms with van der Waals surface area (Å²) in [5.74, 6) is 0.737. The lowest BCUT2D eigenvalue weighted by molar-refractivity contribution is -0.163. The van der Waals surface area contributed by atoms with Crippen LogP contribution in [0.3, 0.4) is 0 Å². The Labute approximate surface area is 146 Å². The van der Waals surface area contributed by atoms with Crippen molar-refractivity contribution in [3.8, 4) is 11.5 Å². The van der Waals surface area contributed by atoms with Crippen molar-refractivity contribution < 1.29 is 28.5 Å². The molecule has 0 bridgehead atoms. The van der Waals surface area contributed by atoms with Crippen LogP contribution >= 0.6 is 0 Å². The molecule has 0 saturated carbocycles. The summed E-state index contributed by atoms with van der Waals surface area (Å²) in [5.41, 5.74) is 1.31. The average molecular weight is 344 g/mol. The van der Waals surface area contributed by atoms with E-state index in [0.717, 1.165) is 5.56 Å². The van der Waals surface area contributed by atoms with Crippen LogP contribution in [0.15, 0.2) is 48.5 Å². The van der Waals surface area contributed by atoms with E-state index in [-0.39, 0.29) is 13.1 Å². The van der Waals surface area contributed by atoms with Crippen molar-refractivity contribution in [1.29, 1.82) is 0 Å². The lowest BCUT2D eigenvalue weighted by Gasteiger charge is -2.15. The quantitative estimate of drug-likeness (QED) is 0.514. The van der Waals surface area contributed by atoms with Crippen LogP contribution in [-0.2, 0) is 25.7 Å². The molecule has 0 aliphatic heterocycles. The first-order valence-electron chi connectivity index (χ1n) is 7.79. The number of benzene rings is 2. The zero-order valence-electron chi connectivity index (χ0n) is 14.1. The fraction of sp³-hybridized carbons (Fsp3) is 0.263. The van der Waals surface area contributed by atoms with Gasteiger partial charge >= 0.3 is 5.97 Å². The number of carbonyl (C=O) groups is 2. The Morgan fingerprint density at radius 2 is 1.68 bits per heavy atom. The minimum atomic E-state index is -1.12. The van der Waals surface area contributed by atoms with Crippen LogP contribution in [0.1, 0.15) is 24.2 Å². The Kier molecular flexibility index (Phi) is 6.83. The summed E-state index contributed by atoms with van der Waals surface area (Å²) >= 11 is 0. The smallest absolute Gasteiger partial charge is 0.352 e. The van der Waals surface area contributed by atoms with Gasteiger partial charge in [-0.25, -0.2) is 4.79 Å². The van der Waals surface area contributed by atoms with E-state index >= 15 is 0 Å². The Morgan fingerprint density at radius 3 is 2.24 bits per heavy atom. The summed E-state index contributed by atoms with van der Waals surface area (Å²) in [4.78, 5) is 23.0. The summed E-state index contributed by atoms with van der Waals surface area (Å²) in [6, 6.07) is 13.9. The summed E-state index contributed by atoms with van der Waals surface area (Å²) in [7, 11) is 1.58. The van der Waals surface area contributed by atoms with Gasteiger partial charge in [0, 0.05) is 5.56 Å². The van der Waals surface area contributed by atoms with Gasteiger partial charge in [-0.05, 0) is 36.8 Å². The molecule has 6 heteroatoms. The molecule has 0 saturated heterocycles. The van der Waals surface area contributed by atoms with Crippen LogP contribution in [0.25, 0.3) is 0 Å². The molecule has 2 rings (SSSR count). The zero-order chi connectivity index (χ0) is 18.1. The van der Waals surface area contributed by atoms with Gasteiger partial charge in [0.15, 0.2) is 0 Å². The molecule has 0 N–H and O–H groups in total. The van der Waals surface area contributed by atoms with Crippen molar-refractivity contribution >= 4 is 12.4 Å². The summed E-state index contributed by atoms with van der Waals surface area (Å²) in [6.07, 6.45) is -1.12.